The molecule has 4 nitrogen and oxygen atoms in total. The van der Waals surface area contributed by atoms with Crippen LogP contribution < -0.4 is 0 Å². The average molecular weight is 215 g/mol. The van der Waals surface area contributed by atoms with Gasteiger partial charge in [0, 0.05) is 12.0 Å². The molecule has 0 spiro atoms. The summed E-state index contributed by atoms with van der Waals surface area (Å²) in [5.41, 5.74) is 0. The average Bonchev–Trinajstić information content (AvgIpc) is 2.22. The zero-order valence-electron chi connectivity index (χ0n) is 10.2. The molecule has 1 atom stereocenters. The lowest BCUT2D eigenvalue weighted by Gasteiger charge is -2.27. The van der Waals surface area contributed by atoms with E-state index in [2.05, 4.69) is 4.74 Å². The molecule has 0 aromatic rings. The highest BCUT2D eigenvalue weighted by Gasteiger charge is 2.23. The Kier molecular flexibility index (Phi) is 5.97. The molecule has 0 bridgehead atoms. The zero-order chi connectivity index (χ0) is 12.0. The molecule has 88 valence electrons. The van der Waals surface area contributed by atoms with Gasteiger partial charge in [0.05, 0.1) is 7.11 Å². The molecule has 0 fully saturated rings. The van der Waals surface area contributed by atoms with Crippen molar-refractivity contribution in [1.82, 2.24) is 4.90 Å². The molecular formula is C11H21NO3. The Morgan fingerprint density at radius 3 is 2.13 bits per heavy atom. The van der Waals surface area contributed by atoms with Crippen LogP contribution in [-0.4, -0.2) is 36.5 Å². The fraction of sp³-hybridized carbons (Fsp3) is 0.818. The van der Waals surface area contributed by atoms with Crippen LogP contribution in [-0.2, 0) is 14.3 Å². The first-order valence-corrected chi connectivity index (χ1v) is 5.31. The molecule has 0 aliphatic heterocycles. The number of rotatable bonds is 5. The second kappa shape index (κ2) is 6.43. The number of amides is 1. The Labute approximate surface area is 91.6 Å². The van der Waals surface area contributed by atoms with Gasteiger partial charge in [-0.2, -0.15) is 0 Å². The SMILES string of the molecule is CCC(C)C(=O)N(CC(=O)OC)C(C)C. The van der Waals surface area contributed by atoms with Crippen molar-refractivity contribution >= 4 is 11.9 Å². The second-order valence-corrected chi connectivity index (χ2v) is 3.95. The van der Waals surface area contributed by atoms with Crippen LogP contribution in [0.15, 0.2) is 0 Å². The van der Waals surface area contributed by atoms with E-state index >= 15 is 0 Å². The zero-order valence-corrected chi connectivity index (χ0v) is 10.2. The summed E-state index contributed by atoms with van der Waals surface area (Å²) in [4.78, 5) is 24.6. The molecule has 0 aliphatic rings. The summed E-state index contributed by atoms with van der Waals surface area (Å²) < 4.78 is 4.56. The third-order valence-electron chi connectivity index (χ3n) is 2.47. The summed E-state index contributed by atoms with van der Waals surface area (Å²) in [6.07, 6.45) is 0.781. The van der Waals surface area contributed by atoms with E-state index in [9.17, 15) is 9.59 Å². The summed E-state index contributed by atoms with van der Waals surface area (Å²) in [5, 5.41) is 0. The third kappa shape index (κ3) is 4.32. The third-order valence-corrected chi connectivity index (χ3v) is 2.47. The van der Waals surface area contributed by atoms with E-state index in [0.717, 1.165) is 6.42 Å². The second-order valence-electron chi connectivity index (χ2n) is 3.95. The van der Waals surface area contributed by atoms with E-state index < -0.39 is 0 Å². The van der Waals surface area contributed by atoms with Crippen molar-refractivity contribution in [3.05, 3.63) is 0 Å². The molecule has 1 unspecified atom stereocenters. The van der Waals surface area contributed by atoms with Crippen LogP contribution in [0.25, 0.3) is 0 Å². The fourth-order valence-corrected chi connectivity index (χ4v) is 1.18. The van der Waals surface area contributed by atoms with Gasteiger partial charge in [0.25, 0.3) is 0 Å². The molecule has 0 N–H and O–H groups in total. The van der Waals surface area contributed by atoms with Gasteiger partial charge < -0.3 is 9.64 Å². The molecule has 4 heteroatoms. The number of ether oxygens (including phenoxy) is 1. The van der Waals surface area contributed by atoms with Crippen LogP contribution in [0.5, 0.6) is 0 Å². The molecule has 0 rings (SSSR count). The lowest BCUT2D eigenvalue weighted by atomic mass is 10.1. The van der Waals surface area contributed by atoms with Crippen molar-refractivity contribution in [2.24, 2.45) is 5.92 Å². The van der Waals surface area contributed by atoms with Crippen molar-refractivity contribution in [2.75, 3.05) is 13.7 Å². The van der Waals surface area contributed by atoms with Crippen molar-refractivity contribution < 1.29 is 14.3 Å². The minimum atomic E-state index is -0.375. The molecule has 1 amide bonds. The van der Waals surface area contributed by atoms with Gasteiger partial charge >= 0.3 is 5.97 Å². The number of carbonyl (C=O) groups is 2. The molecular weight excluding hydrogens is 194 g/mol. The minimum Gasteiger partial charge on any atom is -0.468 e. The molecule has 0 radical (unpaired) electrons. The normalized spacial score (nSPS) is 12.4. The molecule has 0 aliphatic carbocycles. The van der Waals surface area contributed by atoms with E-state index in [1.54, 1.807) is 4.90 Å². The first-order valence-electron chi connectivity index (χ1n) is 5.31. The summed E-state index contributed by atoms with van der Waals surface area (Å²) in [6.45, 7) is 7.65. The van der Waals surface area contributed by atoms with Crippen LogP contribution in [0.4, 0.5) is 0 Å². The maximum absolute atomic E-state index is 11.9. The quantitative estimate of drug-likeness (QED) is 0.652. The highest BCUT2D eigenvalue weighted by Crippen LogP contribution is 2.09. The monoisotopic (exact) mass is 215 g/mol. The summed E-state index contributed by atoms with van der Waals surface area (Å²) in [6, 6.07) is 0.0191. The van der Waals surface area contributed by atoms with Gasteiger partial charge in [0.2, 0.25) is 5.91 Å². The van der Waals surface area contributed by atoms with Crippen LogP contribution in [0.3, 0.4) is 0 Å². The first kappa shape index (κ1) is 13.9. The largest absolute Gasteiger partial charge is 0.468 e. The fourth-order valence-electron chi connectivity index (χ4n) is 1.18. The number of hydrogen-bond acceptors (Lipinski definition) is 3. The maximum Gasteiger partial charge on any atom is 0.325 e. The molecule has 0 heterocycles. The van der Waals surface area contributed by atoms with Crippen molar-refractivity contribution in [1.29, 1.82) is 0 Å². The van der Waals surface area contributed by atoms with Crippen LogP contribution in [0, 0.1) is 5.92 Å². The lowest BCUT2D eigenvalue weighted by molar-refractivity contribution is -0.149. The van der Waals surface area contributed by atoms with E-state index in [-0.39, 0.29) is 30.4 Å². The maximum atomic E-state index is 11.9. The summed E-state index contributed by atoms with van der Waals surface area (Å²) in [7, 11) is 1.33. The number of hydrogen-bond donors (Lipinski definition) is 0. The van der Waals surface area contributed by atoms with Gasteiger partial charge in [-0.1, -0.05) is 13.8 Å². The minimum absolute atomic E-state index is 0.0119. The molecule has 0 aromatic heterocycles. The van der Waals surface area contributed by atoms with Gasteiger partial charge in [-0.3, -0.25) is 9.59 Å². The van der Waals surface area contributed by atoms with Crippen molar-refractivity contribution in [2.45, 2.75) is 40.2 Å². The van der Waals surface area contributed by atoms with Crippen LogP contribution in [0.2, 0.25) is 0 Å². The van der Waals surface area contributed by atoms with Gasteiger partial charge in [-0.05, 0) is 20.3 Å². The predicted octanol–water partition coefficient (Wildman–Crippen LogP) is 1.44. The Morgan fingerprint density at radius 2 is 1.80 bits per heavy atom. The topological polar surface area (TPSA) is 46.6 Å². The number of carbonyl (C=O) groups excluding carboxylic acids is 2. The standard InChI is InChI=1S/C11H21NO3/c1-6-9(4)11(14)12(8(2)3)7-10(13)15-5/h8-9H,6-7H2,1-5H3. The lowest BCUT2D eigenvalue weighted by Crippen LogP contribution is -2.43. The Balaban J connectivity index is 4.52. The van der Waals surface area contributed by atoms with E-state index in [1.165, 1.54) is 7.11 Å². The Bertz CT molecular complexity index is 226. The molecule has 0 saturated carbocycles. The van der Waals surface area contributed by atoms with Crippen molar-refractivity contribution in [3.8, 4) is 0 Å². The Morgan fingerprint density at radius 1 is 1.27 bits per heavy atom. The smallest absolute Gasteiger partial charge is 0.325 e. The van der Waals surface area contributed by atoms with Crippen LogP contribution in [0.1, 0.15) is 34.1 Å². The van der Waals surface area contributed by atoms with Gasteiger partial charge in [0.15, 0.2) is 0 Å². The van der Waals surface area contributed by atoms with Gasteiger partial charge in [-0.15, -0.1) is 0 Å². The number of nitrogens with zero attached hydrogens (tertiary/aromatic N) is 1. The van der Waals surface area contributed by atoms with Gasteiger partial charge in [0.1, 0.15) is 6.54 Å². The predicted molar refractivity (Wildman–Crippen MR) is 58.3 cm³/mol. The molecule has 0 aromatic carbocycles. The van der Waals surface area contributed by atoms with E-state index in [4.69, 9.17) is 0 Å². The Hall–Kier alpha value is -1.06. The molecule has 0 saturated heterocycles. The van der Waals surface area contributed by atoms with Crippen molar-refractivity contribution in [3.63, 3.8) is 0 Å². The molecule has 15 heavy (non-hydrogen) atoms. The highest BCUT2D eigenvalue weighted by molar-refractivity contribution is 5.83. The summed E-state index contributed by atoms with van der Waals surface area (Å²) >= 11 is 0. The number of esters is 1. The highest BCUT2D eigenvalue weighted by atomic mass is 16.5. The summed E-state index contributed by atoms with van der Waals surface area (Å²) in [5.74, 6) is -0.407. The first-order chi connectivity index (χ1) is 6.93. The van der Waals surface area contributed by atoms with E-state index in [0.29, 0.717) is 0 Å². The van der Waals surface area contributed by atoms with Gasteiger partial charge in [-0.25, -0.2) is 0 Å². The van der Waals surface area contributed by atoms with E-state index in [1.807, 2.05) is 27.7 Å². The number of methoxy groups -OCH3 is 1. The van der Waals surface area contributed by atoms with Crippen LogP contribution >= 0.6 is 0 Å².